The highest BCUT2D eigenvalue weighted by Crippen LogP contribution is 2.28. The Morgan fingerprint density at radius 1 is 1.52 bits per heavy atom. The SMILES string of the molecule is NC(=S)c1cc(CN2CCCC3C(=O)NCC32)ccc1F. The molecule has 3 rings (SSSR count). The van der Waals surface area contributed by atoms with E-state index in [1.807, 2.05) is 0 Å². The number of thiocarbonyl (C=S) groups is 1. The van der Waals surface area contributed by atoms with E-state index in [2.05, 4.69) is 10.2 Å². The van der Waals surface area contributed by atoms with Crippen LogP contribution in [0.2, 0.25) is 0 Å². The molecular weight excluding hydrogens is 289 g/mol. The lowest BCUT2D eigenvalue weighted by Gasteiger charge is -2.35. The van der Waals surface area contributed by atoms with Crippen molar-refractivity contribution < 1.29 is 9.18 Å². The summed E-state index contributed by atoms with van der Waals surface area (Å²) in [5.74, 6) is -0.137. The first-order valence-corrected chi connectivity index (χ1v) is 7.57. The number of amides is 1. The summed E-state index contributed by atoms with van der Waals surface area (Å²) in [7, 11) is 0. The van der Waals surface area contributed by atoms with Gasteiger partial charge in [-0.15, -0.1) is 0 Å². The predicted octanol–water partition coefficient (Wildman–Crippen LogP) is 1.17. The number of halogens is 1. The highest BCUT2D eigenvalue weighted by molar-refractivity contribution is 7.80. The first-order valence-electron chi connectivity index (χ1n) is 7.16. The number of nitrogens with one attached hydrogen (secondary N) is 1. The Morgan fingerprint density at radius 3 is 3.10 bits per heavy atom. The Labute approximate surface area is 128 Å². The molecule has 2 atom stereocenters. The van der Waals surface area contributed by atoms with Gasteiger partial charge in [-0.3, -0.25) is 9.69 Å². The van der Waals surface area contributed by atoms with E-state index in [1.165, 1.54) is 6.07 Å². The fourth-order valence-corrected chi connectivity index (χ4v) is 3.49. The van der Waals surface area contributed by atoms with Crippen LogP contribution in [0.5, 0.6) is 0 Å². The van der Waals surface area contributed by atoms with Gasteiger partial charge in [-0.2, -0.15) is 0 Å². The molecule has 3 N–H and O–H groups in total. The van der Waals surface area contributed by atoms with Gasteiger partial charge < -0.3 is 11.1 Å². The van der Waals surface area contributed by atoms with Gasteiger partial charge in [0.15, 0.2) is 0 Å². The minimum Gasteiger partial charge on any atom is -0.389 e. The quantitative estimate of drug-likeness (QED) is 0.823. The van der Waals surface area contributed by atoms with Crippen molar-refractivity contribution in [1.29, 1.82) is 0 Å². The second-order valence-electron chi connectivity index (χ2n) is 5.71. The van der Waals surface area contributed by atoms with Crippen LogP contribution in [0.15, 0.2) is 18.2 Å². The van der Waals surface area contributed by atoms with E-state index < -0.39 is 0 Å². The molecule has 112 valence electrons. The van der Waals surface area contributed by atoms with Crippen molar-refractivity contribution in [2.24, 2.45) is 11.7 Å². The first kappa shape index (κ1) is 14.4. The van der Waals surface area contributed by atoms with Crippen molar-refractivity contribution in [2.75, 3.05) is 13.1 Å². The Hall–Kier alpha value is -1.53. The third-order valence-corrected chi connectivity index (χ3v) is 4.62. The lowest BCUT2D eigenvalue weighted by atomic mass is 9.91. The summed E-state index contributed by atoms with van der Waals surface area (Å²) in [5, 5.41) is 2.93. The number of rotatable bonds is 3. The molecule has 0 radical (unpaired) electrons. The van der Waals surface area contributed by atoms with Crippen molar-refractivity contribution in [1.82, 2.24) is 10.2 Å². The van der Waals surface area contributed by atoms with Gasteiger partial charge in [0.2, 0.25) is 5.91 Å². The van der Waals surface area contributed by atoms with Crippen LogP contribution in [-0.4, -0.2) is 34.9 Å². The van der Waals surface area contributed by atoms with Crippen LogP contribution in [0, 0.1) is 11.7 Å². The number of likely N-dealkylation sites (tertiary alicyclic amines) is 1. The largest absolute Gasteiger partial charge is 0.389 e. The molecular formula is C15H18FN3OS. The average Bonchev–Trinajstić information content (AvgIpc) is 2.84. The van der Waals surface area contributed by atoms with Gasteiger partial charge in [0.1, 0.15) is 10.8 Å². The number of benzene rings is 1. The highest BCUT2D eigenvalue weighted by Gasteiger charge is 2.40. The first-order chi connectivity index (χ1) is 10.1. The molecule has 2 aliphatic rings. The molecule has 0 aliphatic carbocycles. The molecule has 2 unspecified atom stereocenters. The molecule has 4 nitrogen and oxygen atoms in total. The van der Waals surface area contributed by atoms with Crippen LogP contribution < -0.4 is 11.1 Å². The number of nitrogens with zero attached hydrogens (tertiary/aromatic N) is 1. The molecule has 2 fully saturated rings. The van der Waals surface area contributed by atoms with Crippen LogP contribution in [0.1, 0.15) is 24.0 Å². The maximum atomic E-state index is 13.6. The third-order valence-electron chi connectivity index (χ3n) is 4.40. The van der Waals surface area contributed by atoms with Crippen molar-refractivity contribution >= 4 is 23.1 Å². The number of hydrogen-bond donors (Lipinski definition) is 2. The van der Waals surface area contributed by atoms with E-state index >= 15 is 0 Å². The number of hydrogen-bond acceptors (Lipinski definition) is 3. The lowest BCUT2D eigenvalue weighted by molar-refractivity contribution is -0.124. The number of carbonyl (C=O) groups is 1. The van der Waals surface area contributed by atoms with Crippen LogP contribution >= 0.6 is 12.2 Å². The zero-order chi connectivity index (χ0) is 15.0. The minimum atomic E-state index is -0.388. The summed E-state index contributed by atoms with van der Waals surface area (Å²) >= 11 is 4.87. The Bertz CT molecular complexity index is 592. The van der Waals surface area contributed by atoms with Gasteiger partial charge in [-0.05, 0) is 37.1 Å². The van der Waals surface area contributed by atoms with Crippen molar-refractivity contribution in [3.05, 3.63) is 35.1 Å². The normalized spacial score (nSPS) is 25.5. The molecule has 0 spiro atoms. The average molecular weight is 307 g/mol. The van der Waals surface area contributed by atoms with Crippen molar-refractivity contribution in [2.45, 2.75) is 25.4 Å². The zero-order valence-electron chi connectivity index (χ0n) is 11.6. The second-order valence-corrected chi connectivity index (χ2v) is 6.15. The van der Waals surface area contributed by atoms with E-state index in [4.69, 9.17) is 18.0 Å². The Balaban J connectivity index is 1.78. The van der Waals surface area contributed by atoms with Gasteiger partial charge in [0.25, 0.3) is 0 Å². The fraction of sp³-hybridized carbons (Fsp3) is 0.467. The molecule has 0 aromatic heterocycles. The molecule has 21 heavy (non-hydrogen) atoms. The molecule has 1 aromatic rings. The van der Waals surface area contributed by atoms with E-state index in [-0.39, 0.29) is 34.2 Å². The molecule has 2 saturated heterocycles. The maximum absolute atomic E-state index is 13.6. The summed E-state index contributed by atoms with van der Waals surface area (Å²) in [5.41, 5.74) is 6.80. The minimum absolute atomic E-state index is 0.0728. The third kappa shape index (κ3) is 2.78. The topological polar surface area (TPSA) is 58.4 Å². The monoisotopic (exact) mass is 307 g/mol. The van der Waals surface area contributed by atoms with Gasteiger partial charge in [-0.1, -0.05) is 18.3 Å². The van der Waals surface area contributed by atoms with Crippen LogP contribution in [0.25, 0.3) is 0 Å². The van der Waals surface area contributed by atoms with E-state index in [0.717, 1.165) is 24.9 Å². The van der Waals surface area contributed by atoms with Crippen LogP contribution in [0.3, 0.4) is 0 Å². The second kappa shape index (κ2) is 5.69. The smallest absolute Gasteiger partial charge is 0.224 e. The van der Waals surface area contributed by atoms with Gasteiger partial charge in [0, 0.05) is 24.7 Å². The maximum Gasteiger partial charge on any atom is 0.224 e. The molecule has 2 heterocycles. The van der Waals surface area contributed by atoms with Gasteiger partial charge in [-0.25, -0.2) is 4.39 Å². The fourth-order valence-electron chi connectivity index (χ4n) is 3.33. The Morgan fingerprint density at radius 2 is 2.33 bits per heavy atom. The van der Waals surface area contributed by atoms with Crippen LogP contribution in [0.4, 0.5) is 4.39 Å². The predicted molar refractivity (Wildman–Crippen MR) is 82.2 cm³/mol. The van der Waals surface area contributed by atoms with Crippen LogP contribution in [-0.2, 0) is 11.3 Å². The highest BCUT2D eigenvalue weighted by atomic mass is 32.1. The number of piperidine rings is 1. The standard InChI is InChI=1S/C15H18FN3OS/c16-12-4-3-9(6-11(12)14(17)21)8-19-5-1-2-10-13(19)7-18-15(10)20/h3-4,6,10,13H,1-2,5,7-8H2,(H2,17,21)(H,18,20). The molecule has 1 amide bonds. The molecule has 2 aliphatic heterocycles. The van der Waals surface area contributed by atoms with E-state index in [9.17, 15) is 9.18 Å². The number of fused-ring (bicyclic) bond motifs is 1. The molecule has 1 aromatic carbocycles. The Kier molecular flexibility index (Phi) is 3.91. The molecule has 0 bridgehead atoms. The summed E-state index contributed by atoms with van der Waals surface area (Å²) in [4.78, 5) is 14.1. The summed E-state index contributed by atoms with van der Waals surface area (Å²) in [6.07, 6.45) is 1.96. The summed E-state index contributed by atoms with van der Waals surface area (Å²) in [6, 6.07) is 5.12. The lowest BCUT2D eigenvalue weighted by Crippen LogP contribution is -2.44. The van der Waals surface area contributed by atoms with Crippen molar-refractivity contribution in [3.63, 3.8) is 0 Å². The van der Waals surface area contributed by atoms with E-state index in [0.29, 0.717) is 13.1 Å². The number of carbonyl (C=O) groups excluding carboxylic acids is 1. The summed E-state index contributed by atoms with van der Waals surface area (Å²) < 4.78 is 13.6. The summed E-state index contributed by atoms with van der Waals surface area (Å²) in [6.45, 7) is 2.34. The molecule has 0 saturated carbocycles. The van der Waals surface area contributed by atoms with Gasteiger partial charge in [0.05, 0.1) is 5.92 Å². The van der Waals surface area contributed by atoms with E-state index in [1.54, 1.807) is 12.1 Å². The number of nitrogens with two attached hydrogens (primary N) is 1. The van der Waals surface area contributed by atoms with Crippen molar-refractivity contribution in [3.8, 4) is 0 Å². The molecule has 6 heteroatoms. The van der Waals surface area contributed by atoms with Gasteiger partial charge >= 0.3 is 0 Å². The zero-order valence-corrected chi connectivity index (χ0v) is 12.5.